The molecule has 0 heterocycles. The second-order valence-corrected chi connectivity index (χ2v) is 2.89. The van der Waals surface area contributed by atoms with E-state index in [2.05, 4.69) is 0 Å². The van der Waals surface area contributed by atoms with Crippen LogP contribution >= 0.6 is 0 Å². The van der Waals surface area contributed by atoms with Crippen LogP contribution in [-0.2, 0) is 0 Å². The molecule has 3 aromatic carbocycles. The predicted molar refractivity (Wildman–Crippen MR) is 66.1 cm³/mol. The van der Waals surface area contributed by atoms with Gasteiger partial charge in [-0.2, -0.15) is 54.6 Å². The molecule has 3 aromatic rings. The zero-order valence-corrected chi connectivity index (χ0v) is 10.6. The third kappa shape index (κ3) is 9.82. The Morgan fingerprint density at radius 3 is 0.625 bits per heavy atom. The summed E-state index contributed by atoms with van der Waals surface area (Å²) in [6.45, 7) is 0. The van der Waals surface area contributed by atoms with E-state index < -0.39 is 0 Å². The van der Waals surface area contributed by atoms with Crippen LogP contribution in [0.25, 0.3) is 0 Å². The van der Waals surface area contributed by atoms with Crippen molar-refractivity contribution in [3.8, 4) is 0 Å². The van der Waals surface area contributed by atoms with Crippen molar-refractivity contribution in [1.82, 2.24) is 0 Å². The standard InChI is InChI=1S/3C5H5.Lu/c3*1-2-4-5-3-1;/h3*1-5H;/q3*-1;+3. The van der Waals surface area contributed by atoms with Crippen LogP contribution in [0, 0.1) is 36.9 Å². The van der Waals surface area contributed by atoms with Crippen LogP contribution in [0.4, 0.5) is 0 Å². The molecular weight excluding hydrogens is 355 g/mol. The van der Waals surface area contributed by atoms with Crippen molar-refractivity contribution in [2.24, 2.45) is 0 Å². The van der Waals surface area contributed by atoms with Crippen LogP contribution in [0.5, 0.6) is 0 Å². The van der Waals surface area contributed by atoms with E-state index in [-0.39, 0.29) is 36.9 Å². The van der Waals surface area contributed by atoms with Crippen LogP contribution in [0.2, 0.25) is 0 Å². The average molecular weight is 370 g/mol. The van der Waals surface area contributed by atoms with Crippen LogP contribution in [-0.4, -0.2) is 0 Å². The van der Waals surface area contributed by atoms with E-state index in [0.717, 1.165) is 0 Å². The van der Waals surface area contributed by atoms with Gasteiger partial charge in [0.2, 0.25) is 0 Å². The molecule has 0 N–H and O–H groups in total. The molecule has 90 valence electrons. The molecule has 0 fully saturated rings. The largest absolute Gasteiger partial charge is 3.00 e. The van der Waals surface area contributed by atoms with E-state index in [1.807, 2.05) is 91.0 Å². The summed E-state index contributed by atoms with van der Waals surface area (Å²) >= 11 is 0. The summed E-state index contributed by atoms with van der Waals surface area (Å²) < 4.78 is 0. The molecule has 0 saturated carbocycles. The summed E-state index contributed by atoms with van der Waals surface area (Å²) in [7, 11) is 0. The predicted octanol–water partition coefficient (Wildman–Crippen LogP) is 4.22. The van der Waals surface area contributed by atoms with E-state index in [1.165, 1.54) is 0 Å². The Bertz CT molecular complexity index is 237. The van der Waals surface area contributed by atoms with Crippen LogP contribution in [0.15, 0.2) is 91.0 Å². The smallest absolute Gasteiger partial charge is 0.214 e. The van der Waals surface area contributed by atoms with Gasteiger partial charge in [0.25, 0.3) is 0 Å². The first-order chi connectivity index (χ1) is 7.50. The summed E-state index contributed by atoms with van der Waals surface area (Å²) in [5.41, 5.74) is 0. The van der Waals surface area contributed by atoms with Crippen molar-refractivity contribution in [2.45, 2.75) is 0 Å². The van der Waals surface area contributed by atoms with Crippen molar-refractivity contribution in [2.75, 3.05) is 0 Å². The molecule has 0 nitrogen and oxygen atoms in total. The van der Waals surface area contributed by atoms with Gasteiger partial charge in [0.1, 0.15) is 0 Å². The molecule has 0 spiro atoms. The fraction of sp³-hybridized carbons (Fsp3) is 0. The molecule has 0 saturated heterocycles. The topological polar surface area (TPSA) is 0 Å². The minimum Gasteiger partial charge on any atom is -0.214 e. The zero-order chi connectivity index (χ0) is 10.6. The summed E-state index contributed by atoms with van der Waals surface area (Å²) in [5.74, 6) is 0. The molecule has 1 heteroatoms. The molecule has 0 aliphatic rings. The van der Waals surface area contributed by atoms with Crippen molar-refractivity contribution < 1.29 is 36.9 Å². The first kappa shape index (κ1) is 15.3. The van der Waals surface area contributed by atoms with Gasteiger partial charge in [-0.25, -0.2) is 36.4 Å². The molecule has 0 radical (unpaired) electrons. The van der Waals surface area contributed by atoms with Gasteiger partial charge >= 0.3 is 36.9 Å². The Labute approximate surface area is 127 Å². The van der Waals surface area contributed by atoms with Gasteiger partial charge in [-0.15, -0.1) is 0 Å². The van der Waals surface area contributed by atoms with E-state index in [1.54, 1.807) is 0 Å². The number of rotatable bonds is 0. The molecule has 0 aromatic heterocycles. The monoisotopic (exact) mass is 370 g/mol. The summed E-state index contributed by atoms with van der Waals surface area (Å²) in [4.78, 5) is 0. The summed E-state index contributed by atoms with van der Waals surface area (Å²) in [6, 6.07) is 30.0. The zero-order valence-electron chi connectivity index (χ0n) is 8.92. The first-order valence-corrected chi connectivity index (χ1v) is 5.00. The maximum atomic E-state index is 2.00. The fourth-order valence-corrected chi connectivity index (χ4v) is 0.962. The van der Waals surface area contributed by atoms with Gasteiger partial charge in [0, 0.05) is 0 Å². The second kappa shape index (κ2) is 12.4. The summed E-state index contributed by atoms with van der Waals surface area (Å²) in [6.07, 6.45) is 0. The molecule has 0 amide bonds. The molecule has 0 atom stereocenters. The van der Waals surface area contributed by atoms with Gasteiger partial charge in [-0.05, 0) is 0 Å². The number of hydrogen-bond donors (Lipinski definition) is 0. The van der Waals surface area contributed by atoms with Gasteiger partial charge < -0.3 is 0 Å². The Morgan fingerprint density at radius 2 is 0.562 bits per heavy atom. The van der Waals surface area contributed by atoms with Crippen molar-refractivity contribution in [3.63, 3.8) is 0 Å². The minimum absolute atomic E-state index is 0. The maximum absolute atomic E-state index is 2.00. The van der Waals surface area contributed by atoms with Gasteiger partial charge in [0.05, 0.1) is 0 Å². The van der Waals surface area contributed by atoms with E-state index in [9.17, 15) is 0 Å². The van der Waals surface area contributed by atoms with Gasteiger partial charge in [0.15, 0.2) is 0 Å². The molecule has 0 unspecified atom stereocenters. The third-order valence-electron chi connectivity index (χ3n) is 1.67. The molecule has 0 bridgehead atoms. The van der Waals surface area contributed by atoms with Gasteiger partial charge in [-0.3, -0.25) is 0 Å². The normalized spacial score (nSPS) is 7.50. The average Bonchev–Trinajstić information content (AvgIpc) is 3.09. The SMILES string of the molecule is [Lu+3].c1cc[cH-]c1.c1cc[cH-]c1.c1cc[cH-]c1. The third-order valence-corrected chi connectivity index (χ3v) is 1.67. The first-order valence-electron chi connectivity index (χ1n) is 5.00. The van der Waals surface area contributed by atoms with Crippen molar-refractivity contribution in [1.29, 1.82) is 0 Å². The van der Waals surface area contributed by atoms with Crippen LogP contribution in [0.1, 0.15) is 0 Å². The van der Waals surface area contributed by atoms with E-state index in [0.29, 0.717) is 0 Å². The van der Waals surface area contributed by atoms with Crippen LogP contribution in [0.3, 0.4) is 0 Å². The second-order valence-electron chi connectivity index (χ2n) is 2.89. The fourth-order valence-electron chi connectivity index (χ4n) is 0.962. The molecule has 0 aliphatic heterocycles. The molecular formula is C15H15Lu. The van der Waals surface area contributed by atoms with E-state index >= 15 is 0 Å². The number of hydrogen-bond acceptors (Lipinski definition) is 0. The maximum Gasteiger partial charge on any atom is 3.00 e. The Kier molecular flexibility index (Phi) is 11.8. The summed E-state index contributed by atoms with van der Waals surface area (Å²) in [5, 5.41) is 0. The Morgan fingerprint density at radius 1 is 0.375 bits per heavy atom. The Hall–Kier alpha value is -0.716. The molecule has 0 aliphatic carbocycles. The minimum atomic E-state index is 0. The Balaban J connectivity index is 0.000000205. The quantitative estimate of drug-likeness (QED) is 0.520. The van der Waals surface area contributed by atoms with E-state index in [4.69, 9.17) is 0 Å². The molecule has 16 heavy (non-hydrogen) atoms. The van der Waals surface area contributed by atoms with Crippen molar-refractivity contribution >= 4 is 0 Å². The van der Waals surface area contributed by atoms with Crippen LogP contribution < -0.4 is 0 Å². The molecule has 3 rings (SSSR count). The van der Waals surface area contributed by atoms with Crippen molar-refractivity contribution in [3.05, 3.63) is 91.0 Å². The van der Waals surface area contributed by atoms with Gasteiger partial charge in [-0.1, -0.05) is 0 Å².